The van der Waals surface area contributed by atoms with Gasteiger partial charge in [0, 0.05) is 31.2 Å². The molecule has 0 spiro atoms. The van der Waals surface area contributed by atoms with Crippen LogP contribution < -0.4 is 0 Å². The van der Waals surface area contributed by atoms with Gasteiger partial charge in [-0.25, -0.2) is 14.3 Å². The van der Waals surface area contributed by atoms with Gasteiger partial charge in [0.1, 0.15) is 6.33 Å². The lowest BCUT2D eigenvalue weighted by Crippen LogP contribution is -2.15. The van der Waals surface area contributed by atoms with Gasteiger partial charge in [-0.05, 0) is 35.3 Å². The maximum atomic E-state index is 5.49. The molecule has 3 aromatic rings. The smallest absolute Gasteiger partial charge is 0.158 e. The monoisotopic (exact) mass is 367 g/mol. The van der Waals surface area contributed by atoms with Gasteiger partial charge < -0.3 is 4.74 Å². The van der Waals surface area contributed by atoms with Crippen LogP contribution in [0.1, 0.15) is 49.9 Å². The van der Waals surface area contributed by atoms with Crippen LogP contribution in [0.3, 0.4) is 0 Å². The Balaban J connectivity index is 1.57. The van der Waals surface area contributed by atoms with Crippen LogP contribution in [0.4, 0.5) is 0 Å². The topological polar surface area (TPSA) is 83.5 Å². The molecular formula is C19H25N7O. The van der Waals surface area contributed by atoms with Crippen molar-refractivity contribution in [1.82, 2.24) is 35.0 Å². The lowest BCUT2D eigenvalue weighted by molar-refractivity contribution is 0.0835. The molecular weight excluding hydrogens is 342 g/mol. The second kappa shape index (κ2) is 8.39. The molecule has 0 bridgehead atoms. The van der Waals surface area contributed by atoms with Gasteiger partial charge >= 0.3 is 0 Å². The van der Waals surface area contributed by atoms with E-state index in [1.807, 2.05) is 0 Å². The lowest BCUT2D eigenvalue weighted by atomic mass is 10.00. The van der Waals surface area contributed by atoms with Gasteiger partial charge in [-0.15, -0.1) is 5.10 Å². The number of unbranched alkanes of at least 4 members (excludes halogenated alkanes) is 1. The lowest BCUT2D eigenvalue weighted by Gasteiger charge is -2.18. The maximum absolute atomic E-state index is 5.49. The molecule has 0 saturated carbocycles. The summed E-state index contributed by atoms with van der Waals surface area (Å²) in [6.07, 6.45) is 5.86. The van der Waals surface area contributed by atoms with Crippen LogP contribution in [0.15, 0.2) is 30.6 Å². The van der Waals surface area contributed by atoms with Crippen molar-refractivity contribution in [2.45, 2.75) is 51.6 Å². The molecule has 8 heteroatoms. The van der Waals surface area contributed by atoms with Crippen molar-refractivity contribution in [3.05, 3.63) is 42.0 Å². The summed E-state index contributed by atoms with van der Waals surface area (Å²) in [7, 11) is 0. The minimum absolute atomic E-state index is 0.402. The van der Waals surface area contributed by atoms with E-state index in [9.17, 15) is 0 Å². The Bertz CT molecular complexity index is 836. The van der Waals surface area contributed by atoms with Crippen molar-refractivity contribution in [2.75, 3.05) is 13.2 Å². The molecule has 1 aromatic carbocycles. The number of ether oxygens (including phenoxy) is 1. The molecule has 0 atom stereocenters. The number of tetrazole rings is 1. The van der Waals surface area contributed by atoms with Crippen LogP contribution in [0, 0.1) is 0 Å². The quantitative estimate of drug-likeness (QED) is 0.638. The van der Waals surface area contributed by atoms with Crippen molar-refractivity contribution < 1.29 is 4.74 Å². The van der Waals surface area contributed by atoms with Gasteiger partial charge in [0.2, 0.25) is 0 Å². The molecule has 3 heterocycles. The summed E-state index contributed by atoms with van der Waals surface area (Å²) in [5, 5.41) is 16.1. The molecule has 0 radical (unpaired) electrons. The number of hydrogen-bond acceptors (Lipinski definition) is 6. The van der Waals surface area contributed by atoms with Gasteiger partial charge in [0.25, 0.3) is 0 Å². The van der Waals surface area contributed by atoms with Gasteiger partial charge in [-0.2, -0.15) is 5.10 Å². The Morgan fingerprint density at radius 2 is 1.96 bits per heavy atom. The highest BCUT2D eigenvalue weighted by molar-refractivity contribution is 5.56. The Morgan fingerprint density at radius 1 is 1.15 bits per heavy atom. The summed E-state index contributed by atoms with van der Waals surface area (Å²) in [6, 6.07) is 8.42. The highest BCUT2D eigenvalue weighted by Gasteiger charge is 2.22. The number of aryl methyl sites for hydroxylation is 1. The molecule has 1 aliphatic heterocycles. The first-order valence-electron chi connectivity index (χ1n) is 9.66. The fraction of sp³-hybridized carbons (Fsp3) is 0.526. The fourth-order valence-corrected chi connectivity index (χ4v) is 3.36. The Kier molecular flexibility index (Phi) is 5.53. The third kappa shape index (κ3) is 4.21. The van der Waals surface area contributed by atoms with E-state index in [1.165, 1.54) is 0 Å². The zero-order valence-electron chi connectivity index (χ0n) is 15.7. The van der Waals surface area contributed by atoms with Crippen molar-refractivity contribution >= 4 is 0 Å². The van der Waals surface area contributed by atoms with Crippen molar-refractivity contribution in [2.24, 2.45) is 0 Å². The van der Waals surface area contributed by atoms with Crippen LogP contribution in [0.2, 0.25) is 0 Å². The summed E-state index contributed by atoms with van der Waals surface area (Å²) in [6.45, 7) is 5.35. The first kappa shape index (κ1) is 17.8. The minimum atomic E-state index is 0.402. The van der Waals surface area contributed by atoms with E-state index in [4.69, 9.17) is 14.8 Å². The Hall–Kier alpha value is -2.61. The number of nitrogens with zero attached hydrogens (tertiary/aromatic N) is 7. The third-order valence-corrected chi connectivity index (χ3v) is 4.95. The molecule has 1 saturated heterocycles. The van der Waals surface area contributed by atoms with Crippen LogP contribution in [-0.2, 0) is 17.8 Å². The highest BCUT2D eigenvalue weighted by atomic mass is 16.5. The molecule has 1 fully saturated rings. The molecule has 27 heavy (non-hydrogen) atoms. The molecule has 2 aromatic heterocycles. The van der Waals surface area contributed by atoms with E-state index in [2.05, 4.69) is 51.4 Å². The number of aromatic nitrogens is 7. The summed E-state index contributed by atoms with van der Waals surface area (Å²) in [4.78, 5) is 4.92. The Labute approximate surface area is 158 Å². The second-order valence-corrected chi connectivity index (χ2v) is 6.96. The Morgan fingerprint density at radius 3 is 2.67 bits per heavy atom. The number of benzene rings is 1. The number of rotatable bonds is 7. The zero-order chi connectivity index (χ0) is 18.5. The fourth-order valence-electron chi connectivity index (χ4n) is 3.36. The number of hydrogen-bond donors (Lipinski definition) is 0. The van der Waals surface area contributed by atoms with Gasteiger partial charge in [0.05, 0.1) is 6.54 Å². The summed E-state index contributed by atoms with van der Waals surface area (Å²) in [5.41, 5.74) is 2.24. The van der Waals surface area contributed by atoms with Crippen LogP contribution in [-0.4, -0.2) is 48.2 Å². The normalized spacial score (nSPS) is 15.3. The van der Waals surface area contributed by atoms with Gasteiger partial charge in [0.15, 0.2) is 11.6 Å². The van der Waals surface area contributed by atoms with E-state index in [0.717, 1.165) is 68.2 Å². The zero-order valence-corrected chi connectivity index (χ0v) is 15.7. The standard InChI is InChI=1S/C19H25N7O/c1-2-3-10-26-19(21-18(22-26)16-8-11-27-12-9-16)17-6-4-15(5-7-17)13-25-14-20-23-24-25/h4-7,14,16H,2-3,8-13H2,1H3. The van der Waals surface area contributed by atoms with E-state index in [-0.39, 0.29) is 0 Å². The first-order valence-corrected chi connectivity index (χ1v) is 9.66. The molecule has 142 valence electrons. The SMILES string of the molecule is CCCCn1nc(C2CCOCC2)nc1-c1ccc(Cn2cnnn2)cc1. The van der Waals surface area contributed by atoms with Crippen molar-refractivity contribution in [1.29, 1.82) is 0 Å². The largest absolute Gasteiger partial charge is 0.381 e. The van der Waals surface area contributed by atoms with Crippen LogP contribution >= 0.6 is 0 Å². The van der Waals surface area contributed by atoms with E-state index < -0.39 is 0 Å². The van der Waals surface area contributed by atoms with Crippen molar-refractivity contribution in [3.63, 3.8) is 0 Å². The summed E-state index contributed by atoms with van der Waals surface area (Å²) in [5.74, 6) is 2.32. The summed E-state index contributed by atoms with van der Waals surface area (Å²) < 4.78 is 9.27. The molecule has 1 aliphatic rings. The highest BCUT2D eigenvalue weighted by Crippen LogP contribution is 2.27. The van der Waals surface area contributed by atoms with Crippen LogP contribution in [0.25, 0.3) is 11.4 Å². The van der Waals surface area contributed by atoms with Crippen LogP contribution in [0.5, 0.6) is 0 Å². The van der Waals surface area contributed by atoms with Gasteiger partial charge in [-0.3, -0.25) is 0 Å². The van der Waals surface area contributed by atoms with E-state index in [0.29, 0.717) is 12.5 Å². The molecule has 0 aliphatic carbocycles. The predicted octanol–water partition coefficient (Wildman–Crippen LogP) is 2.67. The summed E-state index contributed by atoms with van der Waals surface area (Å²) >= 11 is 0. The predicted molar refractivity (Wildman–Crippen MR) is 100 cm³/mol. The minimum Gasteiger partial charge on any atom is -0.381 e. The molecule has 8 nitrogen and oxygen atoms in total. The maximum Gasteiger partial charge on any atom is 0.158 e. The second-order valence-electron chi connectivity index (χ2n) is 6.96. The average molecular weight is 367 g/mol. The first-order chi connectivity index (χ1) is 13.3. The molecule has 4 rings (SSSR count). The molecule has 0 amide bonds. The van der Waals surface area contributed by atoms with Gasteiger partial charge in [-0.1, -0.05) is 37.6 Å². The average Bonchev–Trinajstić information content (AvgIpc) is 3.38. The van der Waals surface area contributed by atoms with E-state index in [1.54, 1.807) is 11.0 Å². The molecule has 0 unspecified atom stereocenters. The molecule has 0 N–H and O–H groups in total. The third-order valence-electron chi connectivity index (χ3n) is 4.95. The van der Waals surface area contributed by atoms with E-state index >= 15 is 0 Å². The van der Waals surface area contributed by atoms with Crippen molar-refractivity contribution in [3.8, 4) is 11.4 Å².